The van der Waals surface area contributed by atoms with Gasteiger partial charge in [0.25, 0.3) is 0 Å². The van der Waals surface area contributed by atoms with E-state index >= 15 is 0 Å². The molecule has 0 spiro atoms. The van der Waals surface area contributed by atoms with Crippen LogP contribution in [0.2, 0.25) is 0 Å². The number of hydrogen-bond acceptors (Lipinski definition) is 6. The summed E-state index contributed by atoms with van der Waals surface area (Å²) in [4.78, 5) is 23.0. The molecule has 126 valence electrons. The monoisotopic (exact) mass is 338 g/mol. The van der Waals surface area contributed by atoms with E-state index in [9.17, 15) is 13.2 Å². The SMILES string of the molecule is CCc1ncc2c(n1)CN(CC(=O)NC1CCS(=O)(=O)C1)CC2. The molecule has 1 unspecified atom stereocenters. The van der Waals surface area contributed by atoms with Crippen LogP contribution in [0.4, 0.5) is 0 Å². The summed E-state index contributed by atoms with van der Waals surface area (Å²) in [6.07, 6.45) is 4.04. The molecule has 1 atom stereocenters. The minimum Gasteiger partial charge on any atom is -0.351 e. The molecular weight excluding hydrogens is 316 g/mol. The lowest BCUT2D eigenvalue weighted by Gasteiger charge is -2.27. The van der Waals surface area contributed by atoms with Crippen molar-refractivity contribution >= 4 is 15.7 Å². The van der Waals surface area contributed by atoms with E-state index in [1.165, 1.54) is 0 Å². The van der Waals surface area contributed by atoms with Gasteiger partial charge in [0.2, 0.25) is 5.91 Å². The van der Waals surface area contributed by atoms with Crippen molar-refractivity contribution in [3.8, 4) is 0 Å². The van der Waals surface area contributed by atoms with Gasteiger partial charge in [0.1, 0.15) is 5.82 Å². The van der Waals surface area contributed by atoms with Crippen LogP contribution in [0.3, 0.4) is 0 Å². The van der Waals surface area contributed by atoms with Crippen molar-refractivity contribution in [2.45, 2.75) is 38.8 Å². The predicted octanol–water partition coefficient (Wildman–Crippen LogP) is -0.300. The highest BCUT2D eigenvalue weighted by Crippen LogP contribution is 2.16. The number of nitrogens with one attached hydrogen (secondary N) is 1. The van der Waals surface area contributed by atoms with Crippen LogP contribution < -0.4 is 5.32 Å². The molecule has 2 aliphatic heterocycles. The van der Waals surface area contributed by atoms with Crippen LogP contribution in [-0.2, 0) is 34.0 Å². The maximum atomic E-state index is 12.1. The number of aryl methyl sites for hydroxylation is 1. The largest absolute Gasteiger partial charge is 0.351 e. The molecule has 7 nitrogen and oxygen atoms in total. The molecule has 23 heavy (non-hydrogen) atoms. The molecule has 0 saturated carbocycles. The van der Waals surface area contributed by atoms with Gasteiger partial charge in [-0.1, -0.05) is 6.92 Å². The Hall–Kier alpha value is -1.54. The van der Waals surface area contributed by atoms with E-state index in [4.69, 9.17) is 0 Å². The van der Waals surface area contributed by atoms with Crippen molar-refractivity contribution < 1.29 is 13.2 Å². The molecule has 3 rings (SSSR count). The zero-order valence-electron chi connectivity index (χ0n) is 13.3. The van der Waals surface area contributed by atoms with E-state index in [2.05, 4.69) is 15.3 Å². The van der Waals surface area contributed by atoms with E-state index in [1.807, 2.05) is 18.0 Å². The maximum Gasteiger partial charge on any atom is 0.234 e. The number of fused-ring (bicyclic) bond motifs is 1. The predicted molar refractivity (Wildman–Crippen MR) is 85.6 cm³/mol. The normalized spacial score (nSPS) is 23.4. The second-order valence-corrected chi connectivity index (χ2v) is 8.47. The molecule has 1 aromatic heterocycles. The molecule has 3 heterocycles. The van der Waals surface area contributed by atoms with E-state index in [-0.39, 0.29) is 30.0 Å². The number of aromatic nitrogens is 2. The Labute approximate surface area is 136 Å². The third-order valence-electron chi connectivity index (χ3n) is 4.36. The highest BCUT2D eigenvalue weighted by molar-refractivity contribution is 7.91. The fraction of sp³-hybridized carbons (Fsp3) is 0.667. The van der Waals surface area contributed by atoms with Gasteiger partial charge in [0.05, 0.1) is 23.7 Å². The Morgan fingerprint density at radius 2 is 2.30 bits per heavy atom. The maximum absolute atomic E-state index is 12.1. The summed E-state index contributed by atoms with van der Waals surface area (Å²) in [6.45, 7) is 3.73. The van der Waals surface area contributed by atoms with Gasteiger partial charge in [-0.2, -0.15) is 0 Å². The average Bonchev–Trinajstić information content (AvgIpc) is 2.85. The molecular formula is C15H22N4O3S. The molecule has 8 heteroatoms. The van der Waals surface area contributed by atoms with E-state index in [0.717, 1.165) is 36.5 Å². The van der Waals surface area contributed by atoms with E-state index < -0.39 is 9.84 Å². The summed E-state index contributed by atoms with van der Waals surface area (Å²) >= 11 is 0. The van der Waals surface area contributed by atoms with E-state index in [0.29, 0.717) is 13.0 Å². The average molecular weight is 338 g/mol. The molecule has 1 fully saturated rings. The quantitative estimate of drug-likeness (QED) is 0.810. The Kier molecular flexibility index (Phi) is 4.63. The van der Waals surface area contributed by atoms with Crippen molar-refractivity contribution in [1.29, 1.82) is 0 Å². The van der Waals surface area contributed by atoms with Crippen LogP contribution >= 0.6 is 0 Å². The van der Waals surface area contributed by atoms with Gasteiger partial charge in [-0.15, -0.1) is 0 Å². The number of rotatable bonds is 4. The molecule has 1 N–H and O–H groups in total. The van der Waals surface area contributed by atoms with Crippen molar-refractivity contribution in [1.82, 2.24) is 20.2 Å². The molecule has 0 radical (unpaired) electrons. The number of hydrogen-bond donors (Lipinski definition) is 1. The second-order valence-electron chi connectivity index (χ2n) is 6.24. The fourth-order valence-corrected chi connectivity index (χ4v) is 4.76. The van der Waals surface area contributed by atoms with E-state index in [1.54, 1.807) is 0 Å². The van der Waals surface area contributed by atoms with Gasteiger partial charge >= 0.3 is 0 Å². The molecule has 0 aliphatic carbocycles. The third-order valence-corrected chi connectivity index (χ3v) is 6.12. The number of carbonyl (C=O) groups is 1. The van der Waals surface area contributed by atoms with Crippen LogP contribution in [0.15, 0.2) is 6.20 Å². The number of amides is 1. The van der Waals surface area contributed by atoms with Gasteiger partial charge in [0, 0.05) is 31.7 Å². The van der Waals surface area contributed by atoms with Crippen molar-refractivity contribution in [2.75, 3.05) is 24.6 Å². The van der Waals surface area contributed by atoms with Gasteiger partial charge in [-0.25, -0.2) is 18.4 Å². The minimum absolute atomic E-state index is 0.0641. The molecule has 2 aliphatic rings. The summed E-state index contributed by atoms with van der Waals surface area (Å²) in [5.41, 5.74) is 2.15. The summed E-state index contributed by atoms with van der Waals surface area (Å²) < 4.78 is 22.9. The Balaban J connectivity index is 1.55. The zero-order chi connectivity index (χ0) is 16.4. The molecule has 0 aromatic carbocycles. The van der Waals surface area contributed by atoms with Crippen LogP contribution in [0.5, 0.6) is 0 Å². The molecule has 1 saturated heterocycles. The van der Waals surface area contributed by atoms with Gasteiger partial charge < -0.3 is 5.32 Å². The van der Waals surface area contributed by atoms with Crippen molar-refractivity contribution in [3.63, 3.8) is 0 Å². The second kappa shape index (κ2) is 6.52. The van der Waals surface area contributed by atoms with Crippen molar-refractivity contribution in [3.05, 3.63) is 23.3 Å². The smallest absolute Gasteiger partial charge is 0.234 e. The third kappa shape index (κ3) is 4.06. The summed E-state index contributed by atoms with van der Waals surface area (Å²) in [6, 6.07) is -0.237. The molecule has 1 amide bonds. The summed E-state index contributed by atoms with van der Waals surface area (Å²) in [7, 11) is -2.97. The van der Waals surface area contributed by atoms with Crippen molar-refractivity contribution in [2.24, 2.45) is 0 Å². The first-order valence-electron chi connectivity index (χ1n) is 8.01. The van der Waals surface area contributed by atoms with Gasteiger partial charge in [-0.3, -0.25) is 9.69 Å². The first-order valence-corrected chi connectivity index (χ1v) is 9.83. The topological polar surface area (TPSA) is 92.3 Å². The lowest BCUT2D eigenvalue weighted by atomic mass is 10.1. The summed E-state index contributed by atoms with van der Waals surface area (Å²) in [5.74, 6) is 0.951. The van der Waals surface area contributed by atoms with Crippen LogP contribution in [0.25, 0.3) is 0 Å². The lowest BCUT2D eigenvalue weighted by Crippen LogP contribution is -2.44. The van der Waals surface area contributed by atoms with Crippen LogP contribution in [-0.4, -0.2) is 59.8 Å². The fourth-order valence-electron chi connectivity index (χ4n) is 3.09. The number of carbonyl (C=O) groups excluding carboxylic acids is 1. The first kappa shape index (κ1) is 16.3. The Bertz CT molecular complexity index is 705. The lowest BCUT2D eigenvalue weighted by molar-refractivity contribution is -0.123. The van der Waals surface area contributed by atoms with Gasteiger partial charge in [-0.05, 0) is 18.4 Å². The highest BCUT2D eigenvalue weighted by atomic mass is 32.2. The molecule has 1 aromatic rings. The minimum atomic E-state index is -2.97. The number of nitrogens with zero attached hydrogens (tertiary/aromatic N) is 3. The Morgan fingerprint density at radius 3 is 3.00 bits per heavy atom. The summed E-state index contributed by atoms with van der Waals surface area (Å²) in [5, 5.41) is 2.84. The number of sulfone groups is 1. The standard InChI is InChI=1S/C15H22N4O3S/c1-2-14-16-7-11-3-5-19(8-13(11)18-14)9-15(20)17-12-4-6-23(21,22)10-12/h7,12H,2-6,8-10H2,1H3,(H,17,20). The van der Waals surface area contributed by atoms with Gasteiger partial charge in [0.15, 0.2) is 9.84 Å². The first-order chi connectivity index (χ1) is 10.9. The van der Waals surface area contributed by atoms with Crippen LogP contribution in [0, 0.1) is 0 Å². The van der Waals surface area contributed by atoms with Crippen LogP contribution in [0.1, 0.15) is 30.4 Å². The zero-order valence-corrected chi connectivity index (χ0v) is 14.1. The highest BCUT2D eigenvalue weighted by Gasteiger charge is 2.29. The molecule has 0 bridgehead atoms. The Morgan fingerprint density at radius 1 is 1.48 bits per heavy atom.